The normalized spacial score (nSPS) is 10.8. The van der Waals surface area contributed by atoms with Crippen molar-refractivity contribution < 1.29 is 4.79 Å². The van der Waals surface area contributed by atoms with E-state index in [9.17, 15) is 4.79 Å². The molecule has 180 valence electrons. The number of hydrogen-bond acceptors (Lipinski definition) is 3. The quantitative estimate of drug-likeness (QED) is 0.173. The average Bonchev–Trinajstić information content (AvgIpc) is 3.23. The lowest BCUT2D eigenvalue weighted by molar-refractivity contribution is 0.252. The molecule has 4 aromatic rings. The molecule has 4 rings (SSSR count). The highest BCUT2D eigenvalue weighted by molar-refractivity contribution is 7.99. The fourth-order valence-electron chi connectivity index (χ4n) is 3.72. The number of thioether (sulfide) groups is 1. The molecule has 5 nitrogen and oxygen atoms in total. The van der Waals surface area contributed by atoms with Gasteiger partial charge in [0.25, 0.3) is 0 Å². The third-order valence-electron chi connectivity index (χ3n) is 5.27. The van der Waals surface area contributed by atoms with Gasteiger partial charge in [0.2, 0.25) is 0 Å². The molecule has 0 radical (unpaired) electrons. The molecule has 1 aromatic heterocycles. The van der Waals surface area contributed by atoms with Gasteiger partial charge in [0.15, 0.2) is 5.16 Å². The maximum absolute atomic E-state index is 12.3. The van der Waals surface area contributed by atoms with E-state index in [1.165, 1.54) is 0 Å². The van der Waals surface area contributed by atoms with Gasteiger partial charge in [0.05, 0.1) is 21.4 Å². The smallest absolute Gasteiger partial charge is 0.319 e. The Hall–Kier alpha value is -2.93. The molecule has 0 saturated heterocycles. The molecule has 0 fully saturated rings. The Morgan fingerprint density at radius 2 is 1.63 bits per heavy atom. The minimum Gasteiger partial charge on any atom is -0.337 e. The standard InChI is InChI=1S/C27H26Cl2N4OS/c1-2-16-33-25(20-11-7-4-8-12-20)24(19-9-5-3-6-10-19)32-27(33)35-17-15-30-26(34)31-21-13-14-22(28)23(29)18-21/h3-14,18H,2,15-17H2,1H3,(H2,30,31,34). The Bertz CT molecular complexity index is 1280. The molecule has 0 aliphatic heterocycles. The van der Waals surface area contributed by atoms with Gasteiger partial charge in [-0.15, -0.1) is 0 Å². The molecule has 0 aliphatic carbocycles. The van der Waals surface area contributed by atoms with Crippen LogP contribution < -0.4 is 10.6 Å². The number of aromatic nitrogens is 2. The summed E-state index contributed by atoms with van der Waals surface area (Å²) in [6.45, 7) is 3.51. The van der Waals surface area contributed by atoms with E-state index in [1.807, 2.05) is 24.3 Å². The first-order valence-electron chi connectivity index (χ1n) is 11.4. The number of nitrogens with one attached hydrogen (secondary N) is 2. The molecule has 8 heteroatoms. The molecule has 2 N–H and O–H groups in total. The van der Waals surface area contributed by atoms with Crippen molar-refractivity contribution in [3.05, 3.63) is 88.9 Å². The van der Waals surface area contributed by atoms with Crippen LogP contribution in [0.25, 0.3) is 22.5 Å². The number of nitrogens with zero attached hydrogens (tertiary/aromatic N) is 2. The first-order valence-corrected chi connectivity index (χ1v) is 13.1. The van der Waals surface area contributed by atoms with Crippen LogP contribution in [-0.4, -0.2) is 27.9 Å². The van der Waals surface area contributed by atoms with Crippen LogP contribution in [0.4, 0.5) is 10.5 Å². The van der Waals surface area contributed by atoms with E-state index < -0.39 is 0 Å². The summed E-state index contributed by atoms with van der Waals surface area (Å²) in [6.07, 6.45) is 0.988. The number of imidazole rings is 1. The maximum atomic E-state index is 12.3. The van der Waals surface area contributed by atoms with Crippen molar-refractivity contribution in [1.82, 2.24) is 14.9 Å². The SMILES string of the molecule is CCCn1c(SCCNC(=O)Nc2ccc(Cl)c(Cl)c2)nc(-c2ccccc2)c1-c1ccccc1. The second kappa shape index (κ2) is 12.2. The van der Waals surface area contributed by atoms with Gasteiger partial charge in [-0.25, -0.2) is 9.78 Å². The summed E-state index contributed by atoms with van der Waals surface area (Å²) >= 11 is 13.6. The highest BCUT2D eigenvalue weighted by Crippen LogP contribution is 2.36. The first kappa shape index (κ1) is 25.2. The lowest BCUT2D eigenvalue weighted by atomic mass is 10.0. The molecule has 0 aliphatic rings. The number of amides is 2. The Labute approximate surface area is 219 Å². The van der Waals surface area contributed by atoms with Gasteiger partial charge in [0, 0.05) is 35.7 Å². The van der Waals surface area contributed by atoms with Gasteiger partial charge < -0.3 is 15.2 Å². The van der Waals surface area contributed by atoms with Crippen LogP contribution in [0.1, 0.15) is 13.3 Å². The maximum Gasteiger partial charge on any atom is 0.319 e. The molecule has 3 aromatic carbocycles. The van der Waals surface area contributed by atoms with Crippen LogP contribution in [0.15, 0.2) is 84.0 Å². The monoisotopic (exact) mass is 524 g/mol. The van der Waals surface area contributed by atoms with Crippen LogP contribution in [0.5, 0.6) is 0 Å². The van der Waals surface area contributed by atoms with Crippen molar-refractivity contribution in [2.45, 2.75) is 25.0 Å². The number of urea groups is 1. The second-order valence-electron chi connectivity index (χ2n) is 7.83. The molecule has 1 heterocycles. The fraction of sp³-hybridized carbons (Fsp3) is 0.185. The third-order valence-corrected chi connectivity index (χ3v) is 6.99. The van der Waals surface area contributed by atoms with Crippen molar-refractivity contribution in [3.8, 4) is 22.5 Å². The number of carbonyl (C=O) groups excluding carboxylic acids is 1. The summed E-state index contributed by atoms with van der Waals surface area (Å²) in [7, 11) is 0. The Balaban J connectivity index is 1.48. The van der Waals surface area contributed by atoms with Gasteiger partial charge in [-0.2, -0.15) is 0 Å². The molecular formula is C27H26Cl2N4OS. The average molecular weight is 526 g/mol. The number of anilines is 1. The first-order chi connectivity index (χ1) is 17.1. The van der Waals surface area contributed by atoms with E-state index in [0.29, 0.717) is 28.0 Å². The van der Waals surface area contributed by atoms with Crippen LogP contribution in [0.3, 0.4) is 0 Å². The highest BCUT2D eigenvalue weighted by atomic mass is 35.5. The molecule has 35 heavy (non-hydrogen) atoms. The van der Waals surface area contributed by atoms with Crippen LogP contribution in [0, 0.1) is 0 Å². The van der Waals surface area contributed by atoms with Gasteiger partial charge >= 0.3 is 6.03 Å². The van der Waals surface area contributed by atoms with Crippen molar-refractivity contribution in [3.63, 3.8) is 0 Å². The molecule has 0 atom stereocenters. The Morgan fingerprint density at radius 3 is 2.29 bits per heavy atom. The molecular weight excluding hydrogens is 499 g/mol. The highest BCUT2D eigenvalue weighted by Gasteiger charge is 2.20. The summed E-state index contributed by atoms with van der Waals surface area (Å²) in [5.41, 5.74) is 4.90. The zero-order chi connectivity index (χ0) is 24.6. The largest absolute Gasteiger partial charge is 0.337 e. The zero-order valence-corrected chi connectivity index (χ0v) is 21.6. The third kappa shape index (κ3) is 6.40. The summed E-state index contributed by atoms with van der Waals surface area (Å²) in [6, 6.07) is 25.3. The van der Waals surface area contributed by atoms with Gasteiger partial charge in [-0.1, -0.05) is 103 Å². The van der Waals surface area contributed by atoms with E-state index in [1.54, 1.807) is 30.0 Å². The Morgan fingerprint density at radius 1 is 0.943 bits per heavy atom. The summed E-state index contributed by atoms with van der Waals surface area (Å²) in [4.78, 5) is 17.3. The van der Waals surface area contributed by atoms with Crippen molar-refractivity contribution in [2.75, 3.05) is 17.6 Å². The number of benzene rings is 3. The summed E-state index contributed by atoms with van der Waals surface area (Å²) in [5.74, 6) is 0.679. The predicted molar refractivity (Wildman–Crippen MR) is 148 cm³/mol. The van der Waals surface area contributed by atoms with Crippen molar-refractivity contribution in [1.29, 1.82) is 0 Å². The topological polar surface area (TPSA) is 59.0 Å². The summed E-state index contributed by atoms with van der Waals surface area (Å²) in [5, 5.41) is 7.44. The van der Waals surface area contributed by atoms with E-state index in [2.05, 4.69) is 58.5 Å². The van der Waals surface area contributed by atoms with Gasteiger partial charge in [-0.3, -0.25) is 0 Å². The van der Waals surface area contributed by atoms with Gasteiger partial charge in [0.1, 0.15) is 0 Å². The van der Waals surface area contributed by atoms with E-state index in [-0.39, 0.29) is 6.03 Å². The number of halogens is 2. The molecule has 0 saturated carbocycles. The molecule has 2 amide bonds. The van der Waals surface area contributed by atoms with E-state index in [0.717, 1.165) is 40.6 Å². The number of carbonyl (C=O) groups is 1. The van der Waals surface area contributed by atoms with Gasteiger partial charge in [-0.05, 0) is 24.6 Å². The van der Waals surface area contributed by atoms with E-state index >= 15 is 0 Å². The van der Waals surface area contributed by atoms with Crippen molar-refractivity contribution in [2.24, 2.45) is 0 Å². The number of hydrogen-bond donors (Lipinski definition) is 2. The van der Waals surface area contributed by atoms with Crippen LogP contribution in [-0.2, 0) is 6.54 Å². The van der Waals surface area contributed by atoms with Crippen LogP contribution >= 0.6 is 35.0 Å². The molecule has 0 bridgehead atoms. The minimum atomic E-state index is -0.296. The summed E-state index contributed by atoms with van der Waals surface area (Å²) < 4.78 is 2.29. The van der Waals surface area contributed by atoms with Crippen LogP contribution in [0.2, 0.25) is 10.0 Å². The Kier molecular flexibility index (Phi) is 8.74. The molecule has 0 unspecified atom stereocenters. The van der Waals surface area contributed by atoms with Crippen molar-refractivity contribution >= 4 is 46.7 Å². The fourth-order valence-corrected chi connectivity index (χ4v) is 4.89. The minimum absolute atomic E-state index is 0.296. The zero-order valence-electron chi connectivity index (χ0n) is 19.3. The van der Waals surface area contributed by atoms with E-state index in [4.69, 9.17) is 28.2 Å². The lowest BCUT2D eigenvalue weighted by Gasteiger charge is -2.12. The lowest BCUT2D eigenvalue weighted by Crippen LogP contribution is -2.30. The number of rotatable bonds is 9. The second-order valence-corrected chi connectivity index (χ2v) is 9.71. The molecule has 0 spiro atoms. The predicted octanol–water partition coefficient (Wildman–Crippen LogP) is 7.85.